The third-order valence-corrected chi connectivity index (χ3v) is 4.64. The molecule has 0 saturated carbocycles. The second kappa shape index (κ2) is 15.8. The van der Waals surface area contributed by atoms with Crippen LogP contribution >= 0.6 is 0 Å². The lowest BCUT2D eigenvalue weighted by atomic mass is 10.1. The molecule has 0 bridgehead atoms. The number of rotatable bonds is 17. The van der Waals surface area contributed by atoms with Crippen LogP contribution in [0.4, 0.5) is 0 Å². The minimum atomic E-state index is -1.84. The van der Waals surface area contributed by atoms with Gasteiger partial charge >= 0.3 is 17.9 Å². The summed E-state index contributed by atoms with van der Waals surface area (Å²) in [6.07, 6.45) is -3.02. The number of aliphatic carboxylic acids is 3. The van der Waals surface area contributed by atoms with Crippen molar-refractivity contribution in [3.05, 3.63) is 0 Å². The molecule has 17 heteroatoms. The Balaban J connectivity index is 5.55. The van der Waals surface area contributed by atoms with Crippen LogP contribution in [0.15, 0.2) is 4.99 Å². The van der Waals surface area contributed by atoms with Crippen LogP contribution in [0.2, 0.25) is 0 Å². The third-order valence-electron chi connectivity index (χ3n) is 4.64. The van der Waals surface area contributed by atoms with Gasteiger partial charge in [-0.2, -0.15) is 0 Å². The van der Waals surface area contributed by atoms with Gasteiger partial charge in [-0.05, 0) is 26.2 Å². The Bertz CT molecular complexity index is 844. The average Bonchev–Trinajstić information content (AvgIpc) is 2.75. The average molecular weight is 520 g/mol. The molecule has 0 radical (unpaired) electrons. The summed E-state index contributed by atoms with van der Waals surface area (Å²) in [4.78, 5) is 74.2. The fourth-order valence-electron chi connectivity index (χ4n) is 2.76. The molecule has 0 aromatic heterocycles. The van der Waals surface area contributed by atoms with Gasteiger partial charge in [-0.15, -0.1) is 0 Å². The smallest absolute Gasteiger partial charge is 0.326 e. The molecule has 36 heavy (non-hydrogen) atoms. The van der Waals surface area contributed by atoms with Gasteiger partial charge in [0.15, 0.2) is 5.96 Å². The lowest BCUT2D eigenvalue weighted by molar-refractivity contribution is -0.148. The first kappa shape index (κ1) is 32.0. The number of carboxylic acid groups (broad SMARTS) is 3. The molecule has 0 saturated heterocycles. The Hall–Kier alpha value is -3.99. The molecule has 0 aliphatic heterocycles. The highest BCUT2D eigenvalue weighted by atomic mass is 16.4. The van der Waals surface area contributed by atoms with Crippen molar-refractivity contribution in [2.75, 3.05) is 6.54 Å². The summed E-state index contributed by atoms with van der Waals surface area (Å²) in [5.74, 6) is -7.57. The number of carboxylic acids is 3. The molecule has 0 aliphatic rings. The molecule has 0 rings (SSSR count). The largest absolute Gasteiger partial charge is 0.481 e. The number of hydrogen-bond donors (Lipinski definition) is 10. The van der Waals surface area contributed by atoms with E-state index in [1.807, 2.05) is 5.32 Å². The van der Waals surface area contributed by atoms with Crippen LogP contribution in [0, 0.1) is 0 Å². The normalized spacial score (nSPS) is 14.8. The molecule has 0 fully saturated rings. The van der Waals surface area contributed by atoms with Gasteiger partial charge in [-0.1, -0.05) is 0 Å². The van der Waals surface area contributed by atoms with E-state index in [-0.39, 0.29) is 31.8 Å². The molecule has 0 aliphatic carbocycles. The fourth-order valence-corrected chi connectivity index (χ4v) is 2.76. The number of nitrogens with two attached hydrogens (primary N) is 3. The Morgan fingerprint density at radius 1 is 0.833 bits per heavy atom. The highest BCUT2D eigenvalue weighted by molar-refractivity contribution is 5.95. The van der Waals surface area contributed by atoms with Crippen molar-refractivity contribution in [1.29, 1.82) is 0 Å². The zero-order chi connectivity index (χ0) is 28.0. The van der Waals surface area contributed by atoms with E-state index in [9.17, 15) is 33.9 Å². The van der Waals surface area contributed by atoms with E-state index in [1.165, 1.54) is 0 Å². The molecular formula is C19H33N7O10. The topological polar surface area (TPSA) is 310 Å². The maximum absolute atomic E-state index is 12.9. The molecule has 5 unspecified atom stereocenters. The highest BCUT2D eigenvalue weighted by Gasteiger charge is 2.33. The lowest BCUT2D eigenvalue weighted by Gasteiger charge is -2.26. The van der Waals surface area contributed by atoms with Crippen LogP contribution in [-0.2, 0) is 28.8 Å². The summed E-state index contributed by atoms with van der Waals surface area (Å²) in [6, 6.07) is -6.15. The van der Waals surface area contributed by atoms with Gasteiger partial charge in [-0.3, -0.25) is 29.0 Å². The SMILES string of the molecule is CC(O)C(NC(=O)C(CCCN=C(N)N)NC(=O)C(N)CCC(=O)O)C(=O)NC(CC(=O)O)C(=O)O. The molecule has 0 spiro atoms. The van der Waals surface area contributed by atoms with Crippen LogP contribution in [0.3, 0.4) is 0 Å². The summed E-state index contributed by atoms with van der Waals surface area (Å²) in [5, 5.41) is 43.0. The van der Waals surface area contributed by atoms with E-state index >= 15 is 0 Å². The van der Waals surface area contributed by atoms with E-state index in [0.717, 1.165) is 6.92 Å². The van der Waals surface area contributed by atoms with E-state index in [1.54, 1.807) is 0 Å². The molecule has 3 amide bonds. The number of amides is 3. The molecule has 17 nitrogen and oxygen atoms in total. The summed E-state index contributed by atoms with van der Waals surface area (Å²) in [7, 11) is 0. The van der Waals surface area contributed by atoms with Crippen molar-refractivity contribution < 1.29 is 49.2 Å². The zero-order valence-corrected chi connectivity index (χ0v) is 19.5. The number of carbonyl (C=O) groups is 6. The maximum Gasteiger partial charge on any atom is 0.326 e. The summed E-state index contributed by atoms with van der Waals surface area (Å²) in [5.41, 5.74) is 16.1. The van der Waals surface area contributed by atoms with Crippen LogP contribution in [0.1, 0.15) is 39.0 Å². The quantitative estimate of drug-likeness (QED) is 0.0493. The van der Waals surface area contributed by atoms with E-state index in [2.05, 4.69) is 15.6 Å². The van der Waals surface area contributed by atoms with Gasteiger partial charge in [0.2, 0.25) is 17.7 Å². The van der Waals surface area contributed by atoms with Crippen molar-refractivity contribution >= 4 is 41.6 Å². The molecule has 0 aromatic carbocycles. The second-order valence-corrected chi connectivity index (χ2v) is 7.77. The van der Waals surface area contributed by atoms with Crippen molar-refractivity contribution in [3.63, 3.8) is 0 Å². The predicted molar refractivity (Wildman–Crippen MR) is 122 cm³/mol. The number of aliphatic hydroxyl groups is 1. The summed E-state index contributed by atoms with van der Waals surface area (Å²) >= 11 is 0. The van der Waals surface area contributed by atoms with Gasteiger partial charge in [0, 0.05) is 13.0 Å². The molecule has 13 N–H and O–H groups in total. The minimum absolute atomic E-state index is 0.0646. The van der Waals surface area contributed by atoms with E-state index < -0.39 is 78.7 Å². The lowest BCUT2D eigenvalue weighted by Crippen LogP contribution is -2.60. The van der Waals surface area contributed by atoms with E-state index in [0.29, 0.717) is 0 Å². The zero-order valence-electron chi connectivity index (χ0n) is 19.5. The maximum atomic E-state index is 12.9. The Morgan fingerprint density at radius 3 is 1.89 bits per heavy atom. The number of nitrogens with one attached hydrogen (secondary N) is 3. The minimum Gasteiger partial charge on any atom is -0.481 e. The highest BCUT2D eigenvalue weighted by Crippen LogP contribution is 2.05. The molecule has 5 atom stereocenters. The Morgan fingerprint density at radius 2 is 1.42 bits per heavy atom. The predicted octanol–water partition coefficient (Wildman–Crippen LogP) is -4.37. The molecule has 0 aromatic rings. The van der Waals surface area contributed by atoms with Crippen LogP contribution in [0.25, 0.3) is 0 Å². The molecule has 0 heterocycles. The Kier molecular flexibility index (Phi) is 14.1. The Labute approximate surface area is 205 Å². The number of hydrogen-bond acceptors (Lipinski definition) is 9. The number of aliphatic imine (C=N–C) groups is 1. The van der Waals surface area contributed by atoms with Gasteiger partial charge in [0.05, 0.1) is 18.6 Å². The van der Waals surface area contributed by atoms with Crippen molar-refractivity contribution in [2.24, 2.45) is 22.2 Å². The van der Waals surface area contributed by atoms with Crippen LogP contribution < -0.4 is 33.2 Å². The monoisotopic (exact) mass is 519 g/mol. The van der Waals surface area contributed by atoms with Gasteiger partial charge in [-0.25, -0.2) is 4.79 Å². The number of aliphatic hydroxyl groups excluding tert-OH is 1. The summed E-state index contributed by atoms with van der Waals surface area (Å²) < 4.78 is 0. The molecule has 204 valence electrons. The number of nitrogens with zero attached hydrogens (tertiary/aromatic N) is 1. The standard InChI is InChI=1S/C19H33N7O10/c1-8(27)14(17(34)25-11(18(35)36)7-13(30)31)26-16(33)10(3-2-6-23-19(21)22)24-15(32)9(20)4-5-12(28)29/h8-11,14,27H,2-7,20H2,1H3,(H,24,32)(H,25,34)(H,26,33)(H,28,29)(H,30,31)(H,35,36)(H4,21,22,23). The van der Waals surface area contributed by atoms with Crippen molar-refractivity contribution in [3.8, 4) is 0 Å². The first-order chi connectivity index (χ1) is 16.6. The van der Waals surface area contributed by atoms with Crippen LogP contribution in [-0.4, -0.2) is 98.8 Å². The summed E-state index contributed by atoms with van der Waals surface area (Å²) in [6.45, 7) is 1.19. The first-order valence-electron chi connectivity index (χ1n) is 10.7. The van der Waals surface area contributed by atoms with Gasteiger partial charge in [0.25, 0.3) is 0 Å². The van der Waals surface area contributed by atoms with Crippen LogP contribution in [0.5, 0.6) is 0 Å². The fraction of sp³-hybridized carbons (Fsp3) is 0.632. The number of carbonyl (C=O) groups excluding carboxylic acids is 3. The van der Waals surface area contributed by atoms with Crippen molar-refractivity contribution in [2.45, 2.75) is 69.3 Å². The third kappa shape index (κ3) is 13.0. The van der Waals surface area contributed by atoms with Gasteiger partial charge in [0.1, 0.15) is 18.1 Å². The van der Waals surface area contributed by atoms with Gasteiger partial charge < -0.3 is 53.6 Å². The molecular weight excluding hydrogens is 486 g/mol. The second-order valence-electron chi connectivity index (χ2n) is 7.77. The van der Waals surface area contributed by atoms with Crippen molar-refractivity contribution in [1.82, 2.24) is 16.0 Å². The van der Waals surface area contributed by atoms with E-state index in [4.69, 9.17) is 32.5 Å². The number of guanidine groups is 1. The first-order valence-corrected chi connectivity index (χ1v) is 10.7.